The van der Waals surface area contributed by atoms with Gasteiger partial charge in [0.15, 0.2) is 11.0 Å². The minimum Gasteiger partial charge on any atom is -0.349 e. The van der Waals surface area contributed by atoms with Gasteiger partial charge in [0.2, 0.25) is 5.91 Å². The second-order valence-corrected chi connectivity index (χ2v) is 9.09. The highest BCUT2D eigenvalue weighted by atomic mass is 32.2. The fourth-order valence-electron chi connectivity index (χ4n) is 3.49. The third-order valence-electron chi connectivity index (χ3n) is 5.43. The number of anilines is 1. The lowest BCUT2D eigenvalue weighted by Gasteiger charge is -2.11. The predicted octanol–water partition coefficient (Wildman–Crippen LogP) is 4.70. The van der Waals surface area contributed by atoms with E-state index in [1.54, 1.807) is 36.4 Å². The van der Waals surface area contributed by atoms with Crippen LogP contribution in [0.1, 0.15) is 23.2 Å². The molecule has 1 saturated carbocycles. The lowest BCUT2D eigenvalue weighted by Crippen LogP contribution is -2.25. The molecule has 0 spiro atoms. The Morgan fingerprint density at radius 2 is 1.66 bits per heavy atom. The van der Waals surface area contributed by atoms with Crippen molar-refractivity contribution in [3.63, 3.8) is 0 Å². The van der Waals surface area contributed by atoms with E-state index in [-0.39, 0.29) is 23.4 Å². The number of nitrogens with zero attached hydrogens (tertiary/aromatic N) is 3. The van der Waals surface area contributed by atoms with Gasteiger partial charge in [0.25, 0.3) is 5.91 Å². The van der Waals surface area contributed by atoms with Crippen LogP contribution in [-0.4, -0.2) is 38.4 Å². The first-order valence-corrected chi connectivity index (χ1v) is 12.2. The molecular formula is C26H22FN5O2S. The summed E-state index contributed by atoms with van der Waals surface area (Å²) in [6.45, 7) is 0. The van der Waals surface area contributed by atoms with E-state index in [0.717, 1.165) is 18.5 Å². The van der Waals surface area contributed by atoms with E-state index in [1.165, 1.54) is 23.9 Å². The van der Waals surface area contributed by atoms with Crippen LogP contribution in [-0.2, 0) is 4.79 Å². The number of thioether (sulfide) groups is 1. The van der Waals surface area contributed by atoms with Crippen molar-refractivity contribution in [2.24, 2.45) is 0 Å². The Morgan fingerprint density at radius 1 is 0.943 bits per heavy atom. The number of carbonyl (C=O) groups excluding carboxylic acids is 2. The molecule has 1 heterocycles. The number of benzene rings is 3. The molecule has 3 aromatic carbocycles. The molecular weight excluding hydrogens is 465 g/mol. The van der Waals surface area contributed by atoms with Crippen molar-refractivity contribution >= 4 is 29.3 Å². The molecule has 0 atom stereocenters. The second-order valence-electron chi connectivity index (χ2n) is 8.15. The Bertz CT molecular complexity index is 1340. The molecule has 0 saturated heterocycles. The van der Waals surface area contributed by atoms with Crippen molar-refractivity contribution in [2.45, 2.75) is 24.0 Å². The molecule has 0 radical (unpaired) electrons. The van der Waals surface area contributed by atoms with Crippen LogP contribution in [0.25, 0.3) is 17.1 Å². The van der Waals surface area contributed by atoms with Crippen LogP contribution >= 0.6 is 11.8 Å². The lowest BCUT2D eigenvalue weighted by molar-refractivity contribution is -0.113. The Balaban J connectivity index is 1.28. The quantitative estimate of drug-likeness (QED) is 0.352. The zero-order chi connectivity index (χ0) is 24.2. The van der Waals surface area contributed by atoms with Crippen LogP contribution < -0.4 is 10.6 Å². The number of hydrogen-bond donors (Lipinski definition) is 2. The molecule has 1 aliphatic carbocycles. The fraction of sp³-hybridized carbons (Fsp3) is 0.154. The average Bonchev–Trinajstić information content (AvgIpc) is 3.59. The molecule has 2 amide bonds. The van der Waals surface area contributed by atoms with Crippen LogP contribution in [0.2, 0.25) is 0 Å². The first kappa shape index (κ1) is 22.8. The number of aromatic nitrogens is 3. The summed E-state index contributed by atoms with van der Waals surface area (Å²) >= 11 is 1.25. The maximum atomic E-state index is 13.4. The Kier molecular flexibility index (Phi) is 6.58. The Morgan fingerprint density at radius 3 is 2.34 bits per heavy atom. The zero-order valence-corrected chi connectivity index (χ0v) is 19.5. The highest BCUT2D eigenvalue weighted by Gasteiger charge is 2.23. The van der Waals surface area contributed by atoms with E-state index in [4.69, 9.17) is 0 Å². The average molecular weight is 488 g/mol. The summed E-state index contributed by atoms with van der Waals surface area (Å²) in [4.78, 5) is 24.7. The predicted molar refractivity (Wildman–Crippen MR) is 133 cm³/mol. The van der Waals surface area contributed by atoms with Gasteiger partial charge in [-0.2, -0.15) is 0 Å². The van der Waals surface area contributed by atoms with Gasteiger partial charge in [-0.05, 0) is 73.5 Å². The summed E-state index contributed by atoms with van der Waals surface area (Å²) in [6, 6.07) is 22.7. The lowest BCUT2D eigenvalue weighted by atomic mass is 10.2. The van der Waals surface area contributed by atoms with Crippen LogP contribution in [0, 0.1) is 5.82 Å². The van der Waals surface area contributed by atoms with Crippen molar-refractivity contribution in [3.8, 4) is 17.1 Å². The monoisotopic (exact) mass is 487 g/mol. The smallest absolute Gasteiger partial charge is 0.251 e. The van der Waals surface area contributed by atoms with Crippen molar-refractivity contribution in [1.82, 2.24) is 20.1 Å². The summed E-state index contributed by atoms with van der Waals surface area (Å²) in [5.41, 5.74) is 2.72. The standard InChI is InChI=1S/C26H22FN5O2S/c27-19-10-6-17(7-11-19)24-30-31-26(32(24)22-4-2-1-3-5-22)35-16-23(33)28-20-12-8-18(9-13-20)25(34)29-21-14-15-21/h1-13,21H,14-16H2,(H,28,33)(H,29,34). The summed E-state index contributed by atoms with van der Waals surface area (Å²) in [7, 11) is 0. The summed E-state index contributed by atoms with van der Waals surface area (Å²) in [6.07, 6.45) is 2.06. The molecule has 35 heavy (non-hydrogen) atoms. The summed E-state index contributed by atoms with van der Waals surface area (Å²) < 4.78 is 15.3. The SMILES string of the molecule is O=C(CSc1nnc(-c2ccc(F)cc2)n1-c1ccccc1)Nc1ccc(C(=O)NC2CC2)cc1. The first-order chi connectivity index (χ1) is 17.1. The van der Waals surface area contributed by atoms with Crippen LogP contribution in [0.5, 0.6) is 0 Å². The molecule has 9 heteroatoms. The van der Waals surface area contributed by atoms with Crippen LogP contribution in [0.3, 0.4) is 0 Å². The number of carbonyl (C=O) groups is 2. The summed E-state index contributed by atoms with van der Waals surface area (Å²) in [5.74, 6) is 0.0222. The molecule has 5 rings (SSSR count). The maximum absolute atomic E-state index is 13.4. The van der Waals surface area contributed by atoms with E-state index in [9.17, 15) is 14.0 Å². The van der Waals surface area contributed by atoms with Crippen LogP contribution in [0.4, 0.5) is 10.1 Å². The Hall–Kier alpha value is -3.98. The Labute approximate surface area is 205 Å². The van der Waals surface area contributed by atoms with Crippen molar-refractivity contribution in [3.05, 3.63) is 90.2 Å². The van der Waals surface area contributed by atoms with Crippen molar-refractivity contribution < 1.29 is 14.0 Å². The highest BCUT2D eigenvalue weighted by Crippen LogP contribution is 2.28. The topological polar surface area (TPSA) is 88.9 Å². The molecule has 7 nitrogen and oxygen atoms in total. The van der Waals surface area contributed by atoms with Crippen molar-refractivity contribution in [2.75, 3.05) is 11.1 Å². The number of para-hydroxylation sites is 1. The van der Waals surface area contributed by atoms with E-state index < -0.39 is 0 Å². The first-order valence-electron chi connectivity index (χ1n) is 11.2. The van der Waals surface area contributed by atoms with Gasteiger partial charge < -0.3 is 10.6 Å². The third-order valence-corrected chi connectivity index (χ3v) is 6.35. The van der Waals surface area contributed by atoms with Gasteiger partial charge in [0.05, 0.1) is 5.75 Å². The normalized spacial score (nSPS) is 12.8. The summed E-state index contributed by atoms with van der Waals surface area (Å²) in [5, 5.41) is 14.9. The molecule has 4 aromatic rings. The maximum Gasteiger partial charge on any atom is 0.251 e. The van der Waals surface area contributed by atoms with Gasteiger partial charge in [0, 0.05) is 28.5 Å². The molecule has 0 unspecified atom stereocenters. The molecule has 1 fully saturated rings. The molecule has 2 N–H and O–H groups in total. The van der Waals surface area contributed by atoms with Gasteiger partial charge in [0.1, 0.15) is 5.82 Å². The van der Waals surface area contributed by atoms with E-state index in [1.807, 2.05) is 34.9 Å². The molecule has 0 bridgehead atoms. The molecule has 1 aromatic heterocycles. The third kappa shape index (κ3) is 5.58. The van der Waals surface area contributed by atoms with E-state index in [0.29, 0.717) is 33.8 Å². The number of amides is 2. The van der Waals surface area contributed by atoms with E-state index >= 15 is 0 Å². The second kappa shape index (κ2) is 10.1. The molecule has 1 aliphatic rings. The van der Waals surface area contributed by atoms with Gasteiger partial charge >= 0.3 is 0 Å². The molecule has 0 aliphatic heterocycles. The van der Waals surface area contributed by atoms with Crippen LogP contribution in [0.15, 0.2) is 84.0 Å². The van der Waals surface area contributed by atoms with Gasteiger partial charge in [-0.25, -0.2) is 4.39 Å². The van der Waals surface area contributed by atoms with Gasteiger partial charge in [-0.3, -0.25) is 14.2 Å². The molecule has 176 valence electrons. The fourth-order valence-corrected chi connectivity index (χ4v) is 4.24. The van der Waals surface area contributed by atoms with Gasteiger partial charge in [-0.15, -0.1) is 10.2 Å². The highest BCUT2D eigenvalue weighted by molar-refractivity contribution is 7.99. The van der Waals surface area contributed by atoms with Crippen molar-refractivity contribution in [1.29, 1.82) is 0 Å². The number of halogens is 1. The number of nitrogens with one attached hydrogen (secondary N) is 2. The minimum atomic E-state index is -0.331. The minimum absolute atomic E-state index is 0.0989. The zero-order valence-electron chi connectivity index (χ0n) is 18.6. The van der Waals surface area contributed by atoms with Gasteiger partial charge in [-0.1, -0.05) is 30.0 Å². The number of hydrogen-bond acceptors (Lipinski definition) is 5. The largest absolute Gasteiger partial charge is 0.349 e. The van der Waals surface area contributed by atoms with E-state index in [2.05, 4.69) is 20.8 Å². The number of rotatable bonds is 8.